The number of phenols is 1. The molecule has 0 aliphatic carbocycles. The third-order valence-electron chi connectivity index (χ3n) is 5.44. The fourth-order valence-electron chi connectivity index (χ4n) is 3.74. The molecule has 0 radical (unpaired) electrons. The number of carbonyl (C=O) groups is 1. The Bertz CT molecular complexity index is 1160. The van der Waals surface area contributed by atoms with E-state index >= 15 is 0 Å². The Morgan fingerprint density at radius 2 is 1.90 bits per heavy atom. The van der Waals surface area contributed by atoms with Crippen LogP contribution in [0.1, 0.15) is 17.3 Å². The SMILES string of the molecule is C[C@H]1CN(c2cc3c(cc2F)c(=O)c(C(=O)O)cn3-c2ccc(O)cc2)C[C@H]1N. The number of carboxylic acids is 1. The Hall–Kier alpha value is -3.39. The highest BCUT2D eigenvalue weighted by Crippen LogP contribution is 2.30. The number of phenolic OH excluding ortho intramolecular Hbond substituents is 1. The van der Waals surface area contributed by atoms with Gasteiger partial charge in [-0.1, -0.05) is 6.92 Å². The van der Waals surface area contributed by atoms with Crippen molar-refractivity contribution in [2.45, 2.75) is 13.0 Å². The number of benzene rings is 2. The molecule has 7 nitrogen and oxygen atoms in total. The van der Waals surface area contributed by atoms with Gasteiger partial charge in [0.25, 0.3) is 0 Å². The van der Waals surface area contributed by atoms with Crippen molar-refractivity contribution in [1.82, 2.24) is 4.57 Å². The lowest BCUT2D eigenvalue weighted by Gasteiger charge is -2.21. The molecule has 2 heterocycles. The molecule has 0 spiro atoms. The van der Waals surface area contributed by atoms with Crippen LogP contribution in [0.5, 0.6) is 5.75 Å². The van der Waals surface area contributed by atoms with Gasteiger partial charge in [-0.05, 0) is 42.3 Å². The van der Waals surface area contributed by atoms with Crippen LogP contribution in [0.15, 0.2) is 47.4 Å². The van der Waals surface area contributed by atoms with E-state index in [4.69, 9.17) is 5.73 Å². The first kappa shape index (κ1) is 18.9. The van der Waals surface area contributed by atoms with Crippen LogP contribution < -0.4 is 16.1 Å². The number of carboxylic acid groups (broad SMARTS) is 1. The van der Waals surface area contributed by atoms with Gasteiger partial charge in [0.15, 0.2) is 0 Å². The van der Waals surface area contributed by atoms with Gasteiger partial charge in [0.1, 0.15) is 17.1 Å². The van der Waals surface area contributed by atoms with Crippen LogP contribution in [0, 0.1) is 11.7 Å². The molecule has 1 aliphatic rings. The molecule has 4 N–H and O–H groups in total. The fourth-order valence-corrected chi connectivity index (χ4v) is 3.74. The molecule has 29 heavy (non-hydrogen) atoms. The third-order valence-corrected chi connectivity index (χ3v) is 5.44. The summed E-state index contributed by atoms with van der Waals surface area (Å²) in [6.45, 7) is 3.07. The molecule has 3 aromatic rings. The van der Waals surface area contributed by atoms with E-state index in [-0.39, 0.29) is 23.1 Å². The first-order valence-electron chi connectivity index (χ1n) is 9.18. The maximum absolute atomic E-state index is 14.9. The minimum absolute atomic E-state index is 0.0317. The van der Waals surface area contributed by atoms with E-state index in [2.05, 4.69) is 0 Å². The van der Waals surface area contributed by atoms with Gasteiger partial charge in [0.05, 0.1) is 11.2 Å². The molecule has 2 aromatic carbocycles. The van der Waals surface area contributed by atoms with Gasteiger partial charge in [-0.25, -0.2) is 9.18 Å². The number of rotatable bonds is 3. The molecular formula is C21H20FN3O4. The van der Waals surface area contributed by atoms with Crippen LogP contribution in [-0.2, 0) is 0 Å². The lowest BCUT2D eigenvalue weighted by Crippen LogP contribution is -2.28. The van der Waals surface area contributed by atoms with Crippen molar-refractivity contribution in [1.29, 1.82) is 0 Å². The van der Waals surface area contributed by atoms with Gasteiger partial charge < -0.3 is 25.4 Å². The number of anilines is 1. The molecule has 8 heteroatoms. The highest BCUT2D eigenvalue weighted by molar-refractivity contribution is 5.94. The smallest absolute Gasteiger partial charge is 0.341 e. The van der Waals surface area contributed by atoms with Crippen LogP contribution >= 0.6 is 0 Å². The summed E-state index contributed by atoms with van der Waals surface area (Å²) in [7, 11) is 0. The van der Waals surface area contributed by atoms with Gasteiger partial charge in [0, 0.05) is 36.4 Å². The van der Waals surface area contributed by atoms with E-state index in [1.165, 1.54) is 22.9 Å². The Labute approximate surface area is 165 Å². The van der Waals surface area contributed by atoms with Crippen LogP contribution in [-0.4, -0.2) is 39.9 Å². The number of aromatic hydroxyl groups is 1. The molecule has 4 rings (SSSR count). The Morgan fingerprint density at radius 1 is 1.21 bits per heavy atom. The van der Waals surface area contributed by atoms with E-state index in [9.17, 15) is 24.2 Å². The largest absolute Gasteiger partial charge is 0.508 e. The highest BCUT2D eigenvalue weighted by atomic mass is 19.1. The van der Waals surface area contributed by atoms with Gasteiger partial charge in [0.2, 0.25) is 5.43 Å². The first-order chi connectivity index (χ1) is 13.8. The number of aromatic nitrogens is 1. The molecule has 0 bridgehead atoms. The number of pyridine rings is 1. The molecule has 0 unspecified atom stereocenters. The number of hydrogen-bond acceptors (Lipinski definition) is 5. The zero-order valence-electron chi connectivity index (χ0n) is 15.7. The topological polar surface area (TPSA) is 109 Å². The number of fused-ring (bicyclic) bond motifs is 1. The van der Waals surface area contributed by atoms with Crippen LogP contribution in [0.4, 0.5) is 10.1 Å². The number of nitrogens with two attached hydrogens (primary N) is 1. The second-order valence-electron chi connectivity index (χ2n) is 7.43. The summed E-state index contributed by atoms with van der Waals surface area (Å²) in [5, 5.41) is 19.0. The summed E-state index contributed by atoms with van der Waals surface area (Å²) in [5.41, 5.74) is 6.07. The summed E-state index contributed by atoms with van der Waals surface area (Å²) >= 11 is 0. The molecule has 0 amide bonds. The maximum Gasteiger partial charge on any atom is 0.341 e. The third kappa shape index (κ3) is 3.21. The molecule has 150 valence electrons. The van der Waals surface area contributed by atoms with Crippen molar-refractivity contribution in [3.8, 4) is 11.4 Å². The summed E-state index contributed by atoms with van der Waals surface area (Å²) in [6.07, 6.45) is 1.22. The number of nitrogens with zero attached hydrogens (tertiary/aromatic N) is 2. The lowest BCUT2D eigenvalue weighted by atomic mass is 10.1. The van der Waals surface area contributed by atoms with Crippen molar-refractivity contribution >= 4 is 22.6 Å². The van der Waals surface area contributed by atoms with E-state index in [0.29, 0.717) is 30.0 Å². The van der Waals surface area contributed by atoms with Crippen LogP contribution in [0.2, 0.25) is 0 Å². The Kier molecular flexibility index (Phi) is 4.50. The minimum Gasteiger partial charge on any atom is -0.508 e. The minimum atomic E-state index is -1.40. The van der Waals surface area contributed by atoms with Crippen molar-refractivity contribution < 1.29 is 19.4 Å². The number of aromatic carboxylic acids is 1. The fraction of sp³-hybridized carbons (Fsp3) is 0.238. The standard InChI is InChI=1S/C21H20FN3O4/c1-11-8-24(10-17(11)23)19-7-18-14(6-16(19)22)20(27)15(21(28)29)9-25(18)12-2-4-13(26)5-3-12/h2-7,9,11,17,26H,8,10,23H2,1H3,(H,28,29)/t11-,17+/m0/s1. The van der Waals surface area contributed by atoms with Gasteiger partial charge in [-0.3, -0.25) is 4.79 Å². The molecular weight excluding hydrogens is 377 g/mol. The maximum atomic E-state index is 14.9. The monoisotopic (exact) mass is 397 g/mol. The quantitative estimate of drug-likeness (QED) is 0.626. The number of halogens is 1. The average molecular weight is 397 g/mol. The van der Waals surface area contributed by atoms with E-state index in [0.717, 1.165) is 6.07 Å². The summed E-state index contributed by atoms with van der Waals surface area (Å²) in [5.74, 6) is -1.76. The molecule has 1 saturated heterocycles. The zero-order chi connectivity index (χ0) is 20.9. The highest BCUT2D eigenvalue weighted by Gasteiger charge is 2.29. The average Bonchev–Trinajstić information content (AvgIpc) is 3.01. The predicted octanol–water partition coefficient (Wildman–Crippen LogP) is 2.32. The zero-order valence-corrected chi connectivity index (χ0v) is 15.7. The first-order valence-corrected chi connectivity index (χ1v) is 9.18. The van der Waals surface area contributed by atoms with Crippen molar-refractivity contribution in [3.05, 3.63) is 64.2 Å². The van der Waals surface area contributed by atoms with Crippen molar-refractivity contribution in [3.63, 3.8) is 0 Å². The number of hydrogen-bond donors (Lipinski definition) is 3. The van der Waals surface area contributed by atoms with Crippen LogP contribution in [0.25, 0.3) is 16.6 Å². The van der Waals surface area contributed by atoms with E-state index in [1.54, 1.807) is 18.2 Å². The van der Waals surface area contributed by atoms with Gasteiger partial charge >= 0.3 is 5.97 Å². The second kappa shape index (κ2) is 6.89. The summed E-state index contributed by atoms with van der Waals surface area (Å²) in [6, 6.07) is 8.62. The van der Waals surface area contributed by atoms with E-state index < -0.39 is 22.8 Å². The van der Waals surface area contributed by atoms with Crippen molar-refractivity contribution in [2.24, 2.45) is 11.7 Å². The Balaban J connectivity index is 2.00. The van der Waals surface area contributed by atoms with Crippen molar-refractivity contribution in [2.75, 3.05) is 18.0 Å². The molecule has 2 atom stereocenters. The summed E-state index contributed by atoms with van der Waals surface area (Å²) in [4.78, 5) is 26.1. The predicted molar refractivity (Wildman–Crippen MR) is 107 cm³/mol. The Morgan fingerprint density at radius 3 is 2.48 bits per heavy atom. The molecule has 1 aromatic heterocycles. The summed E-state index contributed by atoms with van der Waals surface area (Å²) < 4.78 is 16.4. The molecule has 1 aliphatic heterocycles. The van der Waals surface area contributed by atoms with Gasteiger partial charge in [-0.2, -0.15) is 0 Å². The second-order valence-corrected chi connectivity index (χ2v) is 7.43. The molecule has 0 saturated carbocycles. The lowest BCUT2D eigenvalue weighted by molar-refractivity contribution is 0.0695. The van der Waals surface area contributed by atoms with E-state index in [1.807, 2.05) is 11.8 Å². The van der Waals surface area contributed by atoms with Crippen LogP contribution in [0.3, 0.4) is 0 Å². The molecule has 1 fully saturated rings. The van der Waals surface area contributed by atoms with Gasteiger partial charge in [-0.15, -0.1) is 0 Å². The normalized spacial score (nSPS) is 19.1.